The van der Waals surface area contributed by atoms with E-state index in [1.54, 1.807) is 5.57 Å². The Morgan fingerprint density at radius 2 is 2.00 bits per heavy atom. The van der Waals surface area contributed by atoms with Crippen molar-refractivity contribution in [2.45, 2.75) is 52.9 Å². The van der Waals surface area contributed by atoms with Crippen LogP contribution in [0.4, 0.5) is 0 Å². The number of carbonyl (C=O) groups is 1. The molecule has 1 heteroatoms. The highest BCUT2D eigenvalue weighted by molar-refractivity contribution is 5.91. The zero-order valence-electron chi connectivity index (χ0n) is 10.0. The third-order valence-corrected chi connectivity index (χ3v) is 4.04. The fourth-order valence-electron chi connectivity index (χ4n) is 2.85. The van der Waals surface area contributed by atoms with Gasteiger partial charge in [-0.3, -0.25) is 4.79 Å². The fourth-order valence-corrected chi connectivity index (χ4v) is 2.85. The lowest BCUT2D eigenvalue weighted by atomic mass is 9.64. The van der Waals surface area contributed by atoms with Crippen LogP contribution < -0.4 is 0 Å². The van der Waals surface area contributed by atoms with E-state index in [4.69, 9.17) is 0 Å². The van der Waals surface area contributed by atoms with Crippen LogP contribution in [0.1, 0.15) is 52.9 Å². The van der Waals surface area contributed by atoms with Gasteiger partial charge in [-0.25, -0.2) is 0 Å². The van der Waals surface area contributed by atoms with Crippen molar-refractivity contribution < 1.29 is 4.79 Å². The minimum absolute atomic E-state index is 0.290. The third-order valence-electron chi connectivity index (χ3n) is 4.04. The number of fused-ring (bicyclic) bond motifs is 1. The van der Waals surface area contributed by atoms with Gasteiger partial charge in [0, 0.05) is 6.42 Å². The molecule has 0 spiro atoms. The van der Waals surface area contributed by atoms with Gasteiger partial charge in [0.1, 0.15) is 0 Å². The van der Waals surface area contributed by atoms with Gasteiger partial charge in [0.2, 0.25) is 0 Å². The summed E-state index contributed by atoms with van der Waals surface area (Å²) in [5.41, 5.74) is 4.79. The maximum absolute atomic E-state index is 11.4. The number of ketones is 1. The lowest BCUT2D eigenvalue weighted by Gasteiger charge is -2.40. The molecule has 0 aliphatic heterocycles. The molecule has 0 aromatic heterocycles. The van der Waals surface area contributed by atoms with Crippen LogP contribution in [0.3, 0.4) is 0 Å². The molecule has 0 aromatic carbocycles. The summed E-state index contributed by atoms with van der Waals surface area (Å²) in [4.78, 5) is 11.4. The van der Waals surface area contributed by atoms with Gasteiger partial charge in [-0.15, -0.1) is 0 Å². The average Bonchev–Trinajstić information content (AvgIpc) is 2.18. The summed E-state index contributed by atoms with van der Waals surface area (Å²) in [6.45, 7) is 6.75. The molecular formula is C14H20O. The minimum atomic E-state index is 0.290. The highest BCUT2D eigenvalue weighted by Crippen LogP contribution is 2.48. The summed E-state index contributed by atoms with van der Waals surface area (Å²) < 4.78 is 0. The van der Waals surface area contributed by atoms with Gasteiger partial charge in [0.25, 0.3) is 0 Å². The van der Waals surface area contributed by atoms with Gasteiger partial charge in [0.05, 0.1) is 0 Å². The Hall–Kier alpha value is -0.850. The van der Waals surface area contributed by atoms with E-state index in [-0.39, 0.29) is 0 Å². The molecule has 2 aliphatic rings. The molecule has 2 aliphatic carbocycles. The smallest absolute Gasteiger partial charge is 0.155 e. The Balaban J connectivity index is 2.30. The van der Waals surface area contributed by atoms with Crippen molar-refractivity contribution >= 4 is 5.78 Å². The van der Waals surface area contributed by atoms with Crippen LogP contribution in [0.5, 0.6) is 0 Å². The molecule has 1 fully saturated rings. The van der Waals surface area contributed by atoms with Crippen molar-refractivity contribution in [2.75, 3.05) is 0 Å². The highest BCUT2D eigenvalue weighted by atomic mass is 16.1. The molecule has 0 radical (unpaired) electrons. The van der Waals surface area contributed by atoms with Gasteiger partial charge in [0.15, 0.2) is 5.78 Å². The Kier molecular flexibility index (Phi) is 2.57. The molecule has 1 nitrogen and oxygen atoms in total. The second-order valence-electron chi connectivity index (χ2n) is 5.48. The van der Waals surface area contributed by atoms with Crippen molar-refractivity contribution in [3.8, 4) is 0 Å². The SMILES string of the molecule is CC(C)=C1CCC2=CC(=O)CCC2(C)C1. The van der Waals surface area contributed by atoms with E-state index in [0.29, 0.717) is 11.2 Å². The summed E-state index contributed by atoms with van der Waals surface area (Å²) in [5.74, 6) is 0.336. The van der Waals surface area contributed by atoms with Crippen molar-refractivity contribution in [1.82, 2.24) is 0 Å². The maximum Gasteiger partial charge on any atom is 0.155 e. The Morgan fingerprint density at radius 1 is 1.27 bits per heavy atom. The number of carbonyl (C=O) groups excluding carboxylic acids is 1. The van der Waals surface area contributed by atoms with E-state index in [0.717, 1.165) is 25.7 Å². The van der Waals surface area contributed by atoms with Gasteiger partial charge < -0.3 is 0 Å². The number of allylic oxidation sites excluding steroid dienone is 4. The Labute approximate surface area is 92.3 Å². The Morgan fingerprint density at radius 3 is 2.67 bits per heavy atom. The lowest BCUT2D eigenvalue weighted by Crippen LogP contribution is -2.29. The van der Waals surface area contributed by atoms with Crippen LogP contribution >= 0.6 is 0 Å². The topological polar surface area (TPSA) is 17.1 Å². The number of rotatable bonds is 0. The Bertz CT molecular complexity index is 356. The van der Waals surface area contributed by atoms with Crippen molar-refractivity contribution in [3.63, 3.8) is 0 Å². The molecule has 0 bridgehead atoms. The summed E-state index contributed by atoms with van der Waals surface area (Å²) in [6, 6.07) is 0. The van der Waals surface area contributed by atoms with E-state index < -0.39 is 0 Å². The molecule has 15 heavy (non-hydrogen) atoms. The minimum Gasteiger partial charge on any atom is -0.295 e. The molecule has 0 heterocycles. The van der Waals surface area contributed by atoms with Gasteiger partial charge in [-0.2, -0.15) is 0 Å². The quantitative estimate of drug-likeness (QED) is 0.548. The van der Waals surface area contributed by atoms with Crippen LogP contribution in [0, 0.1) is 5.41 Å². The number of hydrogen-bond acceptors (Lipinski definition) is 1. The summed E-state index contributed by atoms with van der Waals surface area (Å²) in [5, 5.41) is 0. The summed E-state index contributed by atoms with van der Waals surface area (Å²) in [6.07, 6.45) is 7.16. The predicted molar refractivity (Wildman–Crippen MR) is 62.7 cm³/mol. The van der Waals surface area contributed by atoms with Gasteiger partial charge >= 0.3 is 0 Å². The van der Waals surface area contributed by atoms with E-state index >= 15 is 0 Å². The van der Waals surface area contributed by atoms with E-state index in [9.17, 15) is 4.79 Å². The monoisotopic (exact) mass is 204 g/mol. The maximum atomic E-state index is 11.4. The average molecular weight is 204 g/mol. The first-order valence-corrected chi connectivity index (χ1v) is 5.90. The molecular weight excluding hydrogens is 184 g/mol. The molecule has 82 valence electrons. The second kappa shape index (κ2) is 3.62. The fraction of sp³-hybridized carbons (Fsp3) is 0.643. The lowest BCUT2D eigenvalue weighted by molar-refractivity contribution is -0.115. The molecule has 0 N–H and O–H groups in total. The molecule has 0 saturated heterocycles. The second-order valence-corrected chi connectivity index (χ2v) is 5.48. The summed E-state index contributed by atoms with van der Waals surface area (Å²) in [7, 11) is 0. The van der Waals surface area contributed by atoms with E-state index in [1.807, 2.05) is 6.08 Å². The zero-order valence-corrected chi connectivity index (χ0v) is 10.0. The zero-order chi connectivity index (χ0) is 11.1. The first kappa shape index (κ1) is 10.7. The van der Waals surface area contributed by atoms with Crippen LogP contribution in [0.25, 0.3) is 0 Å². The molecule has 0 aromatic rings. The molecule has 1 unspecified atom stereocenters. The predicted octanol–water partition coefficient (Wildman–Crippen LogP) is 3.80. The van der Waals surface area contributed by atoms with Crippen molar-refractivity contribution in [1.29, 1.82) is 0 Å². The van der Waals surface area contributed by atoms with Crippen LogP contribution in [-0.4, -0.2) is 5.78 Å². The normalized spacial score (nSPS) is 31.0. The van der Waals surface area contributed by atoms with Gasteiger partial charge in [-0.1, -0.05) is 23.6 Å². The number of hydrogen-bond donors (Lipinski definition) is 0. The van der Waals surface area contributed by atoms with Crippen LogP contribution in [0.15, 0.2) is 22.8 Å². The molecule has 0 amide bonds. The van der Waals surface area contributed by atoms with E-state index in [1.165, 1.54) is 17.6 Å². The molecule has 1 atom stereocenters. The summed E-state index contributed by atoms with van der Waals surface area (Å²) >= 11 is 0. The molecule has 2 rings (SSSR count). The van der Waals surface area contributed by atoms with Crippen molar-refractivity contribution in [3.05, 3.63) is 22.8 Å². The van der Waals surface area contributed by atoms with Crippen molar-refractivity contribution in [2.24, 2.45) is 5.41 Å². The van der Waals surface area contributed by atoms with Gasteiger partial charge in [-0.05, 0) is 51.0 Å². The highest BCUT2D eigenvalue weighted by Gasteiger charge is 2.36. The first-order chi connectivity index (χ1) is 7.01. The van der Waals surface area contributed by atoms with Crippen LogP contribution in [-0.2, 0) is 4.79 Å². The van der Waals surface area contributed by atoms with Crippen LogP contribution in [0.2, 0.25) is 0 Å². The standard InChI is InChI=1S/C14H20O/c1-10(2)11-4-5-12-8-13(15)6-7-14(12,3)9-11/h8H,4-7,9H2,1-3H3. The van der Waals surface area contributed by atoms with E-state index in [2.05, 4.69) is 20.8 Å². The third kappa shape index (κ3) is 1.92. The largest absolute Gasteiger partial charge is 0.295 e. The molecule has 1 saturated carbocycles. The first-order valence-electron chi connectivity index (χ1n) is 5.90.